The molecule has 0 aliphatic rings. The van der Waals surface area contributed by atoms with Crippen LogP contribution in [0, 0.1) is 18.6 Å². The Bertz CT molecular complexity index is 798. The molecule has 1 N–H and O–H groups in total. The largest absolute Gasteiger partial charge is 0.386 e. The van der Waals surface area contributed by atoms with E-state index in [-0.39, 0.29) is 12.1 Å². The average Bonchev–Trinajstić information content (AvgIpc) is 2.78. The summed E-state index contributed by atoms with van der Waals surface area (Å²) in [6, 6.07) is 10.6. The van der Waals surface area contributed by atoms with Crippen molar-refractivity contribution in [1.29, 1.82) is 0 Å². The van der Waals surface area contributed by atoms with Crippen LogP contribution in [0.1, 0.15) is 17.5 Å². The maximum Gasteiger partial charge on any atom is 0.129 e. The number of nitrogens with zero attached hydrogens (tertiary/aromatic N) is 2. The number of halogens is 2. The summed E-state index contributed by atoms with van der Waals surface area (Å²) in [5.74, 6) is -0.476. The topological polar surface area (TPSA) is 38.0 Å². The van der Waals surface area contributed by atoms with Gasteiger partial charge in [-0.05, 0) is 37.3 Å². The first-order valence-corrected chi connectivity index (χ1v) is 6.61. The summed E-state index contributed by atoms with van der Waals surface area (Å²) in [7, 11) is 0. The quantitative estimate of drug-likeness (QED) is 0.802. The molecule has 3 nitrogen and oxygen atoms in total. The second-order valence-corrected chi connectivity index (χ2v) is 4.94. The van der Waals surface area contributed by atoms with Crippen LogP contribution in [-0.2, 0) is 6.54 Å². The van der Waals surface area contributed by atoms with Crippen molar-refractivity contribution < 1.29 is 13.9 Å². The van der Waals surface area contributed by atoms with Gasteiger partial charge in [0.05, 0.1) is 23.7 Å². The molecule has 0 amide bonds. The van der Waals surface area contributed by atoms with Gasteiger partial charge < -0.3 is 9.67 Å². The number of fused-ring (bicyclic) bond motifs is 1. The molecule has 1 aromatic heterocycles. The summed E-state index contributed by atoms with van der Waals surface area (Å²) in [5.41, 5.74) is 1.61. The molecule has 0 spiro atoms. The van der Waals surface area contributed by atoms with E-state index >= 15 is 0 Å². The van der Waals surface area contributed by atoms with E-state index in [0.29, 0.717) is 5.82 Å². The lowest BCUT2D eigenvalue weighted by molar-refractivity contribution is 0.152. The molecule has 0 aliphatic carbocycles. The highest BCUT2D eigenvalue weighted by molar-refractivity contribution is 5.75. The Kier molecular flexibility index (Phi) is 3.43. The van der Waals surface area contributed by atoms with Gasteiger partial charge in [-0.1, -0.05) is 12.1 Å². The first-order valence-electron chi connectivity index (χ1n) is 6.61. The summed E-state index contributed by atoms with van der Waals surface area (Å²) in [6.45, 7) is 1.93. The molecule has 3 rings (SSSR count). The molecule has 0 saturated carbocycles. The van der Waals surface area contributed by atoms with Crippen molar-refractivity contribution in [3.05, 3.63) is 65.5 Å². The number of aryl methyl sites for hydroxylation is 1. The zero-order valence-electron chi connectivity index (χ0n) is 11.4. The van der Waals surface area contributed by atoms with Crippen LogP contribution in [0.3, 0.4) is 0 Å². The first kappa shape index (κ1) is 13.7. The van der Waals surface area contributed by atoms with Crippen LogP contribution in [0.15, 0.2) is 42.5 Å². The minimum atomic E-state index is -1.14. The monoisotopic (exact) mass is 288 g/mol. The number of hydrogen-bond acceptors (Lipinski definition) is 2. The number of aliphatic hydroxyl groups excluding tert-OH is 1. The Morgan fingerprint density at radius 1 is 1.19 bits per heavy atom. The van der Waals surface area contributed by atoms with Gasteiger partial charge in [0.25, 0.3) is 0 Å². The van der Waals surface area contributed by atoms with Crippen LogP contribution < -0.4 is 0 Å². The van der Waals surface area contributed by atoms with Crippen molar-refractivity contribution in [3.63, 3.8) is 0 Å². The van der Waals surface area contributed by atoms with Gasteiger partial charge in [0, 0.05) is 5.56 Å². The van der Waals surface area contributed by atoms with Crippen molar-refractivity contribution in [1.82, 2.24) is 9.55 Å². The zero-order valence-corrected chi connectivity index (χ0v) is 11.4. The highest BCUT2D eigenvalue weighted by atomic mass is 19.1. The molecule has 3 aromatic rings. The Balaban J connectivity index is 1.98. The summed E-state index contributed by atoms with van der Waals surface area (Å²) in [6.07, 6.45) is -1.14. The normalized spacial score (nSPS) is 12.8. The first-order chi connectivity index (χ1) is 10.1. The van der Waals surface area contributed by atoms with E-state index in [2.05, 4.69) is 4.98 Å². The third-order valence-corrected chi connectivity index (χ3v) is 3.52. The van der Waals surface area contributed by atoms with Gasteiger partial charge in [-0.2, -0.15) is 0 Å². The third kappa shape index (κ3) is 2.52. The molecule has 0 unspecified atom stereocenters. The van der Waals surface area contributed by atoms with Gasteiger partial charge in [0.15, 0.2) is 0 Å². The minimum absolute atomic E-state index is 0.0489. The number of benzene rings is 2. The summed E-state index contributed by atoms with van der Waals surface area (Å²) >= 11 is 0. The predicted molar refractivity (Wildman–Crippen MR) is 75.8 cm³/mol. The highest BCUT2D eigenvalue weighted by Crippen LogP contribution is 2.23. The fourth-order valence-electron chi connectivity index (χ4n) is 2.47. The molecule has 0 fully saturated rings. The van der Waals surface area contributed by atoms with Gasteiger partial charge in [-0.15, -0.1) is 0 Å². The van der Waals surface area contributed by atoms with Gasteiger partial charge >= 0.3 is 0 Å². The number of aromatic nitrogens is 2. The summed E-state index contributed by atoms with van der Waals surface area (Å²) in [4.78, 5) is 4.38. The van der Waals surface area contributed by atoms with Crippen molar-refractivity contribution in [2.45, 2.75) is 19.6 Å². The fraction of sp³-hybridized carbons (Fsp3) is 0.188. The third-order valence-electron chi connectivity index (χ3n) is 3.52. The van der Waals surface area contributed by atoms with Gasteiger partial charge in [-0.3, -0.25) is 0 Å². The Labute approximate surface area is 120 Å². The maximum atomic E-state index is 13.7. The van der Waals surface area contributed by atoms with E-state index in [1.54, 1.807) is 4.57 Å². The lowest BCUT2D eigenvalue weighted by Gasteiger charge is -2.15. The maximum absolute atomic E-state index is 13.7. The molecule has 21 heavy (non-hydrogen) atoms. The van der Waals surface area contributed by atoms with Crippen LogP contribution in [0.5, 0.6) is 0 Å². The van der Waals surface area contributed by atoms with E-state index in [9.17, 15) is 13.9 Å². The molecule has 0 saturated heterocycles. The molecule has 5 heteroatoms. The number of aliphatic hydroxyl groups is 1. The van der Waals surface area contributed by atoms with Crippen molar-refractivity contribution in [3.8, 4) is 0 Å². The second-order valence-electron chi connectivity index (χ2n) is 4.94. The molecule has 108 valence electrons. The molecule has 2 aromatic carbocycles. The highest BCUT2D eigenvalue weighted by Gasteiger charge is 2.17. The Morgan fingerprint density at radius 3 is 2.76 bits per heavy atom. The van der Waals surface area contributed by atoms with E-state index in [1.165, 1.54) is 0 Å². The predicted octanol–water partition coefficient (Wildman–Crippen LogP) is 3.36. The molecular weight excluding hydrogens is 274 g/mol. The van der Waals surface area contributed by atoms with E-state index in [4.69, 9.17) is 0 Å². The lowest BCUT2D eigenvalue weighted by Crippen LogP contribution is -2.11. The van der Waals surface area contributed by atoms with E-state index < -0.39 is 17.7 Å². The fourth-order valence-corrected chi connectivity index (χ4v) is 2.47. The summed E-state index contributed by atoms with van der Waals surface area (Å²) in [5, 5.41) is 10.2. The Hall–Kier alpha value is -2.27. The smallest absolute Gasteiger partial charge is 0.129 e. The minimum Gasteiger partial charge on any atom is -0.386 e. The SMILES string of the molecule is Cc1nc2ccccc2n1C[C@H](O)c1cc(F)ccc1F. The van der Waals surface area contributed by atoms with E-state index in [1.807, 2.05) is 31.2 Å². The molecule has 1 heterocycles. The number of rotatable bonds is 3. The molecule has 0 bridgehead atoms. The van der Waals surface area contributed by atoms with Crippen LogP contribution in [0.2, 0.25) is 0 Å². The van der Waals surface area contributed by atoms with Crippen molar-refractivity contribution in [2.75, 3.05) is 0 Å². The summed E-state index contributed by atoms with van der Waals surface area (Å²) < 4.78 is 28.7. The second kappa shape index (κ2) is 5.26. The number of hydrogen-bond donors (Lipinski definition) is 1. The molecule has 0 aliphatic heterocycles. The number of imidazole rings is 1. The zero-order chi connectivity index (χ0) is 15.0. The molecule has 0 radical (unpaired) electrons. The van der Waals surface area contributed by atoms with E-state index in [0.717, 1.165) is 29.2 Å². The van der Waals surface area contributed by atoms with Crippen LogP contribution >= 0.6 is 0 Å². The average molecular weight is 288 g/mol. The van der Waals surface area contributed by atoms with Crippen molar-refractivity contribution in [2.24, 2.45) is 0 Å². The van der Waals surface area contributed by atoms with Gasteiger partial charge in [0.1, 0.15) is 17.5 Å². The lowest BCUT2D eigenvalue weighted by atomic mass is 10.1. The van der Waals surface area contributed by atoms with Crippen molar-refractivity contribution >= 4 is 11.0 Å². The molecule has 1 atom stereocenters. The van der Waals surface area contributed by atoms with Crippen LogP contribution in [0.25, 0.3) is 11.0 Å². The van der Waals surface area contributed by atoms with Gasteiger partial charge in [-0.25, -0.2) is 13.8 Å². The molecular formula is C16H14F2N2O. The standard InChI is InChI=1S/C16H14F2N2O/c1-10-19-14-4-2-3-5-15(14)20(10)9-16(21)12-8-11(17)6-7-13(12)18/h2-8,16,21H,9H2,1H3/t16-/m0/s1. The van der Waals surface area contributed by atoms with Crippen LogP contribution in [-0.4, -0.2) is 14.7 Å². The van der Waals surface area contributed by atoms with Crippen LogP contribution in [0.4, 0.5) is 8.78 Å². The number of para-hydroxylation sites is 2. The Morgan fingerprint density at radius 2 is 1.95 bits per heavy atom. The van der Waals surface area contributed by atoms with Gasteiger partial charge in [0.2, 0.25) is 0 Å².